The second kappa shape index (κ2) is 8.81. The summed E-state index contributed by atoms with van der Waals surface area (Å²) in [6, 6.07) is 6.33. The molecule has 8 heteroatoms. The van der Waals surface area contributed by atoms with Crippen LogP contribution in [0.15, 0.2) is 36.4 Å². The van der Waals surface area contributed by atoms with Crippen molar-refractivity contribution in [1.82, 2.24) is 4.90 Å². The van der Waals surface area contributed by atoms with Crippen LogP contribution in [0.2, 0.25) is 0 Å². The number of carbonyl (C=O) groups excluding carboxylic acids is 5. The maximum absolute atomic E-state index is 12.3. The number of likely N-dealkylation sites (tertiary alicyclic amines) is 1. The van der Waals surface area contributed by atoms with Crippen LogP contribution in [-0.4, -0.2) is 47.5 Å². The van der Waals surface area contributed by atoms with Crippen molar-refractivity contribution in [1.29, 1.82) is 0 Å². The Balaban J connectivity index is 1.42. The first-order chi connectivity index (χ1) is 13.9. The van der Waals surface area contributed by atoms with Crippen LogP contribution >= 0.6 is 0 Å². The summed E-state index contributed by atoms with van der Waals surface area (Å²) in [5.74, 6) is -2.43. The number of ether oxygens (including phenoxy) is 1. The van der Waals surface area contributed by atoms with E-state index >= 15 is 0 Å². The van der Waals surface area contributed by atoms with Crippen molar-refractivity contribution < 1.29 is 28.7 Å². The van der Waals surface area contributed by atoms with Crippen molar-refractivity contribution in [3.63, 3.8) is 0 Å². The molecule has 3 rings (SSSR count). The molecule has 0 spiro atoms. The number of imide groups is 1. The third-order valence-electron chi connectivity index (χ3n) is 5.08. The second-order valence-corrected chi connectivity index (χ2v) is 7.08. The predicted octanol–water partition coefficient (Wildman–Crippen LogP) is 1.71. The molecule has 1 saturated heterocycles. The first kappa shape index (κ1) is 20.4. The van der Waals surface area contributed by atoms with Gasteiger partial charge in [-0.1, -0.05) is 12.2 Å². The molecule has 29 heavy (non-hydrogen) atoms. The number of carbonyl (C=O) groups is 5. The van der Waals surface area contributed by atoms with Crippen LogP contribution in [-0.2, 0) is 23.9 Å². The molecule has 0 bridgehead atoms. The van der Waals surface area contributed by atoms with Gasteiger partial charge in [0.05, 0.1) is 18.3 Å². The van der Waals surface area contributed by atoms with Crippen LogP contribution in [0.5, 0.6) is 0 Å². The zero-order valence-corrected chi connectivity index (χ0v) is 16.1. The van der Waals surface area contributed by atoms with Gasteiger partial charge in [-0.3, -0.25) is 28.9 Å². The van der Waals surface area contributed by atoms with E-state index in [-0.39, 0.29) is 42.4 Å². The van der Waals surface area contributed by atoms with Gasteiger partial charge in [0.25, 0.3) is 5.91 Å². The van der Waals surface area contributed by atoms with E-state index in [9.17, 15) is 24.0 Å². The fraction of sp³-hybridized carbons (Fsp3) is 0.381. The maximum atomic E-state index is 12.3. The van der Waals surface area contributed by atoms with E-state index in [4.69, 9.17) is 4.74 Å². The summed E-state index contributed by atoms with van der Waals surface area (Å²) in [4.78, 5) is 60.8. The molecule has 0 radical (unpaired) electrons. The maximum Gasteiger partial charge on any atom is 0.308 e. The topological polar surface area (TPSA) is 110 Å². The third-order valence-corrected chi connectivity index (χ3v) is 5.08. The molecule has 1 fully saturated rings. The standard InChI is InChI=1S/C21H22N2O6/c1-13(24)14-6-8-15(9-7-14)22-18(25)12-29-19(26)10-11-23-20(27)16-4-2-3-5-17(16)21(23)28/h2-3,6-9,16-17H,4-5,10-12H2,1H3,(H,22,25)/t16-,17-/m1/s1. The quantitative estimate of drug-likeness (QED) is 0.324. The minimum atomic E-state index is -0.666. The molecule has 1 aromatic rings. The number of rotatable bonds is 7. The summed E-state index contributed by atoms with van der Waals surface area (Å²) in [5.41, 5.74) is 0.997. The van der Waals surface area contributed by atoms with E-state index in [1.807, 2.05) is 12.2 Å². The van der Waals surface area contributed by atoms with Gasteiger partial charge in [0.15, 0.2) is 12.4 Å². The number of Topliss-reactive ketones (excluding diaryl/α,β-unsaturated/α-hetero) is 1. The van der Waals surface area contributed by atoms with Crippen LogP contribution in [0.1, 0.15) is 36.5 Å². The number of fused-ring (bicyclic) bond motifs is 1. The molecular weight excluding hydrogens is 376 g/mol. The van der Waals surface area contributed by atoms with E-state index in [0.717, 1.165) is 4.90 Å². The molecule has 3 amide bonds. The smallest absolute Gasteiger partial charge is 0.308 e. The summed E-state index contributed by atoms with van der Waals surface area (Å²) in [6.45, 7) is 0.920. The molecule has 8 nitrogen and oxygen atoms in total. The highest BCUT2D eigenvalue weighted by Gasteiger charge is 2.46. The first-order valence-corrected chi connectivity index (χ1v) is 9.43. The summed E-state index contributed by atoms with van der Waals surface area (Å²) >= 11 is 0. The van der Waals surface area contributed by atoms with Gasteiger partial charge in [-0.05, 0) is 44.0 Å². The molecule has 0 aromatic heterocycles. The zero-order valence-electron chi connectivity index (χ0n) is 16.1. The number of allylic oxidation sites excluding steroid dienone is 2. The van der Waals surface area contributed by atoms with Crippen LogP contribution in [0.3, 0.4) is 0 Å². The Labute approximate surface area is 167 Å². The number of hydrogen-bond donors (Lipinski definition) is 1. The number of amides is 3. The Morgan fingerprint density at radius 2 is 1.62 bits per heavy atom. The Morgan fingerprint density at radius 1 is 1.03 bits per heavy atom. The lowest BCUT2D eigenvalue weighted by atomic mass is 9.85. The average Bonchev–Trinajstić information content (AvgIpc) is 2.95. The molecule has 0 unspecified atom stereocenters. The Bertz CT molecular complexity index is 848. The summed E-state index contributed by atoms with van der Waals surface area (Å²) in [7, 11) is 0. The monoisotopic (exact) mass is 398 g/mol. The minimum absolute atomic E-state index is 0.0440. The summed E-state index contributed by atoms with van der Waals surface area (Å²) < 4.78 is 4.92. The number of benzene rings is 1. The molecule has 0 saturated carbocycles. The van der Waals surface area contributed by atoms with Crippen molar-refractivity contribution in [3.8, 4) is 0 Å². The molecule has 1 aliphatic carbocycles. The van der Waals surface area contributed by atoms with Crippen LogP contribution in [0, 0.1) is 11.8 Å². The normalized spacial score (nSPS) is 20.4. The lowest BCUT2D eigenvalue weighted by Crippen LogP contribution is -2.33. The molecule has 1 N–H and O–H groups in total. The number of nitrogens with one attached hydrogen (secondary N) is 1. The largest absolute Gasteiger partial charge is 0.456 e. The average molecular weight is 398 g/mol. The fourth-order valence-corrected chi connectivity index (χ4v) is 3.50. The van der Waals surface area contributed by atoms with Gasteiger partial charge >= 0.3 is 5.97 Å². The molecule has 2 atom stereocenters. The number of hydrogen-bond acceptors (Lipinski definition) is 6. The van der Waals surface area contributed by atoms with Crippen LogP contribution in [0.25, 0.3) is 0 Å². The number of ketones is 1. The summed E-state index contributed by atoms with van der Waals surface area (Å²) in [5, 5.41) is 2.56. The first-order valence-electron chi connectivity index (χ1n) is 9.43. The van der Waals surface area contributed by atoms with Crippen molar-refractivity contribution in [2.45, 2.75) is 26.2 Å². The van der Waals surface area contributed by atoms with Crippen molar-refractivity contribution in [3.05, 3.63) is 42.0 Å². The highest BCUT2D eigenvalue weighted by molar-refractivity contribution is 6.05. The highest BCUT2D eigenvalue weighted by atomic mass is 16.5. The zero-order chi connectivity index (χ0) is 21.0. The van der Waals surface area contributed by atoms with E-state index in [1.54, 1.807) is 24.3 Å². The van der Waals surface area contributed by atoms with Crippen LogP contribution < -0.4 is 5.32 Å². The molecule has 1 aromatic carbocycles. The molecule has 152 valence electrons. The van der Waals surface area contributed by atoms with Crippen LogP contribution in [0.4, 0.5) is 5.69 Å². The van der Waals surface area contributed by atoms with Crippen molar-refractivity contribution in [2.24, 2.45) is 11.8 Å². The molecular formula is C21H22N2O6. The van der Waals surface area contributed by atoms with Gasteiger partial charge in [-0.2, -0.15) is 0 Å². The lowest BCUT2D eigenvalue weighted by Gasteiger charge is -2.14. The van der Waals surface area contributed by atoms with Gasteiger partial charge in [0.2, 0.25) is 11.8 Å². The lowest BCUT2D eigenvalue weighted by molar-refractivity contribution is -0.148. The van der Waals surface area contributed by atoms with E-state index in [2.05, 4.69) is 5.32 Å². The summed E-state index contributed by atoms with van der Waals surface area (Å²) in [6.07, 6.45) is 4.73. The number of anilines is 1. The highest BCUT2D eigenvalue weighted by Crippen LogP contribution is 2.34. The van der Waals surface area contributed by atoms with Gasteiger partial charge in [0.1, 0.15) is 0 Å². The predicted molar refractivity (Wildman–Crippen MR) is 103 cm³/mol. The third kappa shape index (κ3) is 4.77. The number of esters is 1. The van der Waals surface area contributed by atoms with Crippen molar-refractivity contribution in [2.75, 3.05) is 18.5 Å². The Hall–Kier alpha value is -3.29. The van der Waals surface area contributed by atoms with Gasteiger partial charge in [-0.15, -0.1) is 0 Å². The Kier molecular flexibility index (Phi) is 6.21. The molecule has 2 aliphatic rings. The SMILES string of the molecule is CC(=O)c1ccc(NC(=O)COC(=O)CCN2C(=O)[C@@H]3CC=CC[C@H]3C2=O)cc1. The second-order valence-electron chi connectivity index (χ2n) is 7.08. The fourth-order valence-electron chi connectivity index (χ4n) is 3.50. The van der Waals surface area contributed by atoms with E-state index in [0.29, 0.717) is 24.1 Å². The minimum Gasteiger partial charge on any atom is -0.456 e. The number of nitrogens with zero attached hydrogens (tertiary/aromatic N) is 1. The molecule has 1 aliphatic heterocycles. The molecule has 1 heterocycles. The van der Waals surface area contributed by atoms with E-state index < -0.39 is 18.5 Å². The Morgan fingerprint density at radius 3 is 2.17 bits per heavy atom. The van der Waals surface area contributed by atoms with Crippen molar-refractivity contribution >= 4 is 35.2 Å². The van der Waals surface area contributed by atoms with Gasteiger partial charge < -0.3 is 10.1 Å². The van der Waals surface area contributed by atoms with E-state index in [1.165, 1.54) is 6.92 Å². The van der Waals surface area contributed by atoms with Gasteiger partial charge in [0, 0.05) is 17.8 Å². The van der Waals surface area contributed by atoms with Gasteiger partial charge in [-0.25, -0.2) is 0 Å².